The fourth-order valence-corrected chi connectivity index (χ4v) is 3.22. The highest BCUT2D eigenvalue weighted by Crippen LogP contribution is 2.20. The normalized spacial score (nSPS) is 21.0. The van der Waals surface area contributed by atoms with Crippen LogP contribution in [0, 0.1) is 11.7 Å². The second-order valence-electron chi connectivity index (χ2n) is 6.42. The van der Waals surface area contributed by atoms with Gasteiger partial charge in [0.15, 0.2) is 0 Å². The van der Waals surface area contributed by atoms with Gasteiger partial charge in [-0.1, -0.05) is 30.3 Å². The summed E-state index contributed by atoms with van der Waals surface area (Å²) < 4.78 is 13.3. The number of hydrogen-bond acceptors (Lipinski definition) is 4. The van der Waals surface area contributed by atoms with E-state index in [4.69, 9.17) is 0 Å². The van der Waals surface area contributed by atoms with Crippen LogP contribution in [0.1, 0.15) is 22.3 Å². The third kappa shape index (κ3) is 4.61. The zero-order valence-electron chi connectivity index (χ0n) is 13.9. The molecule has 3 rings (SSSR count). The highest BCUT2D eigenvalue weighted by molar-refractivity contribution is 5.94. The summed E-state index contributed by atoms with van der Waals surface area (Å²) in [6.07, 6.45) is 3.21. The van der Waals surface area contributed by atoms with Crippen molar-refractivity contribution < 1.29 is 14.3 Å². The first-order valence-electron chi connectivity index (χ1n) is 8.44. The molecule has 1 aromatic carbocycles. The van der Waals surface area contributed by atoms with Gasteiger partial charge in [0.1, 0.15) is 5.82 Å². The van der Waals surface area contributed by atoms with Crippen molar-refractivity contribution in [1.82, 2.24) is 15.2 Å². The lowest BCUT2D eigenvalue weighted by molar-refractivity contribution is 0.0730. The average Bonchev–Trinajstić information content (AvgIpc) is 2.63. The Hall–Kier alpha value is -2.31. The maximum Gasteiger partial charge on any atom is 0.253 e. The van der Waals surface area contributed by atoms with Crippen molar-refractivity contribution in [3.05, 3.63) is 65.7 Å². The topological polar surface area (TPSA) is 65.5 Å². The number of nitrogens with zero attached hydrogens (tertiary/aromatic N) is 2. The molecule has 2 aromatic rings. The molecule has 1 aromatic heterocycles. The molecule has 1 amide bonds. The summed E-state index contributed by atoms with van der Waals surface area (Å²) >= 11 is 0. The molecule has 5 nitrogen and oxygen atoms in total. The fourth-order valence-electron chi connectivity index (χ4n) is 3.22. The number of benzene rings is 1. The molecular formula is C19H22FN3O2. The van der Waals surface area contributed by atoms with Gasteiger partial charge in [0, 0.05) is 37.9 Å². The first-order chi connectivity index (χ1) is 12.2. The Labute approximate surface area is 146 Å². The highest BCUT2D eigenvalue weighted by Gasteiger charge is 2.30. The molecule has 2 atom stereocenters. The smallest absolute Gasteiger partial charge is 0.253 e. The maximum atomic E-state index is 13.3. The molecule has 25 heavy (non-hydrogen) atoms. The maximum absolute atomic E-state index is 13.3. The van der Waals surface area contributed by atoms with E-state index in [0.717, 1.165) is 25.7 Å². The molecule has 0 saturated carbocycles. The number of nitrogens with one attached hydrogen (secondary N) is 1. The van der Waals surface area contributed by atoms with E-state index in [-0.39, 0.29) is 30.0 Å². The Morgan fingerprint density at radius 1 is 1.32 bits per heavy atom. The van der Waals surface area contributed by atoms with Crippen LogP contribution in [0.15, 0.2) is 48.8 Å². The summed E-state index contributed by atoms with van der Waals surface area (Å²) in [6.45, 7) is 2.33. The number of carbonyl (C=O) groups is 1. The largest absolute Gasteiger partial charge is 0.396 e. The van der Waals surface area contributed by atoms with Gasteiger partial charge in [-0.3, -0.25) is 14.7 Å². The summed E-state index contributed by atoms with van der Waals surface area (Å²) in [5.41, 5.74) is 1.40. The molecular weight excluding hydrogens is 321 g/mol. The molecule has 1 aliphatic heterocycles. The lowest BCUT2D eigenvalue weighted by Gasteiger charge is -2.38. The number of carbonyl (C=O) groups excluding carboxylic acids is 1. The predicted octanol–water partition coefficient (Wildman–Crippen LogP) is 1.83. The van der Waals surface area contributed by atoms with Gasteiger partial charge >= 0.3 is 0 Å². The van der Waals surface area contributed by atoms with Gasteiger partial charge < -0.3 is 10.4 Å². The van der Waals surface area contributed by atoms with Crippen molar-refractivity contribution in [2.75, 3.05) is 19.7 Å². The Balaban J connectivity index is 1.65. The van der Waals surface area contributed by atoms with Crippen LogP contribution >= 0.6 is 0 Å². The SMILES string of the molecule is O=C(NC1CN(Cc2ccccc2)CCC1CO)c1cncc(F)c1. The van der Waals surface area contributed by atoms with E-state index in [9.17, 15) is 14.3 Å². The summed E-state index contributed by atoms with van der Waals surface area (Å²) in [4.78, 5) is 18.3. The molecule has 1 fully saturated rings. The minimum absolute atomic E-state index is 0.00232. The molecule has 0 spiro atoms. The zero-order chi connectivity index (χ0) is 17.6. The Kier molecular flexibility index (Phi) is 5.73. The minimum Gasteiger partial charge on any atom is -0.396 e. The summed E-state index contributed by atoms with van der Waals surface area (Å²) in [5, 5.41) is 12.6. The van der Waals surface area contributed by atoms with Crippen molar-refractivity contribution in [1.29, 1.82) is 0 Å². The summed E-state index contributed by atoms with van der Waals surface area (Å²) in [6, 6.07) is 11.1. The number of pyridine rings is 1. The molecule has 2 heterocycles. The molecule has 2 N–H and O–H groups in total. The van der Waals surface area contributed by atoms with Gasteiger partial charge in [0.2, 0.25) is 0 Å². The van der Waals surface area contributed by atoms with E-state index in [2.05, 4.69) is 27.3 Å². The van der Waals surface area contributed by atoms with Gasteiger partial charge in [0.05, 0.1) is 11.8 Å². The lowest BCUT2D eigenvalue weighted by atomic mass is 9.91. The van der Waals surface area contributed by atoms with Crippen LogP contribution in [0.5, 0.6) is 0 Å². The van der Waals surface area contributed by atoms with E-state index in [1.165, 1.54) is 17.8 Å². The van der Waals surface area contributed by atoms with E-state index in [0.29, 0.717) is 6.54 Å². The van der Waals surface area contributed by atoms with Gasteiger partial charge in [-0.05, 0) is 24.6 Å². The average molecular weight is 343 g/mol. The Bertz CT molecular complexity index is 711. The zero-order valence-corrected chi connectivity index (χ0v) is 13.9. The molecule has 0 bridgehead atoms. The number of rotatable bonds is 5. The third-order valence-corrected chi connectivity index (χ3v) is 4.61. The first kappa shape index (κ1) is 17.5. The third-order valence-electron chi connectivity index (χ3n) is 4.61. The van der Waals surface area contributed by atoms with Crippen LogP contribution in [0.25, 0.3) is 0 Å². The van der Waals surface area contributed by atoms with Gasteiger partial charge in [-0.15, -0.1) is 0 Å². The monoisotopic (exact) mass is 343 g/mol. The highest BCUT2D eigenvalue weighted by atomic mass is 19.1. The first-order valence-corrected chi connectivity index (χ1v) is 8.44. The molecule has 0 aliphatic carbocycles. The van der Waals surface area contributed by atoms with Crippen molar-refractivity contribution in [2.45, 2.75) is 19.0 Å². The number of piperidine rings is 1. The van der Waals surface area contributed by atoms with E-state index >= 15 is 0 Å². The molecule has 1 aliphatic rings. The summed E-state index contributed by atoms with van der Waals surface area (Å²) in [7, 11) is 0. The number of amides is 1. The number of hydrogen-bond donors (Lipinski definition) is 2. The number of aromatic nitrogens is 1. The summed E-state index contributed by atoms with van der Waals surface area (Å²) in [5.74, 6) is -0.907. The fraction of sp³-hybridized carbons (Fsp3) is 0.368. The molecule has 1 saturated heterocycles. The van der Waals surface area contributed by atoms with Gasteiger partial charge in [-0.2, -0.15) is 0 Å². The van der Waals surface area contributed by atoms with Crippen LogP contribution in [0.4, 0.5) is 4.39 Å². The van der Waals surface area contributed by atoms with Crippen molar-refractivity contribution in [2.24, 2.45) is 5.92 Å². The lowest BCUT2D eigenvalue weighted by Crippen LogP contribution is -2.53. The second-order valence-corrected chi connectivity index (χ2v) is 6.42. The number of likely N-dealkylation sites (tertiary alicyclic amines) is 1. The predicted molar refractivity (Wildman–Crippen MR) is 92.4 cm³/mol. The standard InChI is InChI=1S/C19H22FN3O2/c20-17-8-16(9-21-10-17)19(25)22-18-12-23(7-6-15(18)13-24)11-14-4-2-1-3-5-14/h1-5,8-10,15,18,24H,6-7,11-13H2,(H,22,25). The van der Waals surface area contributed by atoms with Crippen LogP contribution < -0.4 is 5.32 Å². The Morgan fingerprint density at radius 3 is 2.84 bits per heavy atom. The van der Waals surface area contributed by atoms with Crippen LogP contribution in [-0.4, -0.2) is 46.6 Å². The van der Waals surface area contributed by atoms with E-state index in [1.54, 1.807) is 0 Å². The van der Waals surface area contributed by atoms with Gasteiger partial charge in [-0.25, -0.2) is 4.39 Å². The van der Waals surface area contributed by atoms with Crippen molar-refractivity contribution >= 4 is 5.91 Å². The number of aliphatic hydroxyl groups excluding tert-OH is 1. The van der Waals surface area contributed by atoms with Gasteiger partial charge in [0.25, 0.3) is 5.91 Å². The van der Waals surface area contributed by atoms with E-state index < -0.39 is 5.82 Å². The quantitative estimate of drug-likeness (QED) is 0.869. The second kappa shape index (κ2) is 8.18. The Morgan fingerprint density at radius 2 is 2.12 bits per heavy atom. The van der Waals surface area contributed by atoms with Crippen LogP contribution in [0.2, 0.25) is 0 Å². The van der Waals surface area contributed by atoms with Crippen LogP contribution in [0.3, 0.4) is 0 Å². The van der Waals surface area contributed by atoms with E-state index in [1.807, 2.05) is 18.2 Å². The van der Waals surface area contributed by atoms with Crippen molar-refractivity contribution in [3.63, 3.8) is 0 Å². The molecule has 6 heteroatoms. The van der Waals surface area contributed by atoms with Crippen LogP contribution in [-0.2, 0) is 6.54 Å². The number of aliphatic hydroxyl groups is 1. The molecule has 0 radical (unpaired) electrons. The van der Waals surface area contributed by atoms with Crippen molar-refractivity contribution in [3.8, 4) is 0 Å². The molecule has 2 unspecified atom stereocenters. The number of halogens is 1. The molecule has 132 valence electrons. The minimum atomic E-state index is -0.541.